The first-order valence-corrected chi connectivity index (χ1v) is 8.41. The minimum absolute atomic E-state index is 0.110. The van der Waals surface area contributed by atoms with Crippen LogP contribution in [0.15, 0.2) is 47.8 Å². The molecule has 1 aliphatic rings. The van der Waals surface area contributed by atoms with Crippen LogP contribution in [-0.2, 0) is 11.3 Å². The Bertz CT molecular complexity index is 995. The number of hydrogen-bond acceptors (Lipinski definition) is 7. The Hall–Kier alpha value is -3.63. The highest BCUT2D eigenvalue weighted by molar-refractivity contribution is 5.88. The van der Waals surface area contributed by atoms with E-state index in [1.807, 2.05) is 12.1 Å². The predicted molar refractivity (Wildman–Crippen MR) is 94.7 cm³/mol. The van der Waals surface area contributed by atoms with Gasteiger partial charge < -0.3 is 4.74 Å². The lowest BCUT2D eigenvalue weighted by molar-refractivity contribution is 0.151. The molecule has 28 heavy (non-hydrogen) atoms. The van der Waals surface area contributed by atoms with Gasteiger partial charge in [0.05, 0.1) is 11.4 Å². The largest absolute Gasteiger partial charge is 0.470 e. The molecule has 1 aliphatic heterocycles. The first-order valence-electron chi connectivity index (χ1n) is 8.41. The fourth-order valence-corrected chi connectivity index (χ4v) is 2.61. The third-order valence-electron chi connectivity index (χ3n) is 4.16. The Morgan fingerprint density at radius 1 is 1.29 bits per heavy atom. The molecular formula is C17H16F2N8O. The van der Waals surface area contributed by atoms with Crippen molar-refractivity contribution in [1.29, 1.82) is 0 Å². The lowest BCUT2D eigenvalue weighted by Gasteiger charge is -2.16. The summed E-state index contributed by atoms with van der Waals surface area (Å²) < 4.78 is 32.6. The van der Waals surface area contributed by atoms with Gasteiger partial charge in [-0.05, 0) is 31.2 Å². The van der Waals surface area contributed by atoms with E-state index in [1.165, 1.54) is 16.8 Å². The number of rotatable bonds is 5. The number of aryl methyl sites for hydroxylation is 1. The van der Waals surface area contributed by atoms with Crippen LogP contribution in [0, 0.1) is 6.92 Å². The van der Waals surface area contributed by atoms with Gasteiger partial charge in [-0.25, -0.2) is 13.8 Å². The van der Waals surface area contributed by atoms with E-state index in [0.29, 0.717) is 23.1 Å². The molecule has 0 amide bonds. The van der Waals surface area contributed by atoms with Crippen molar-refractivity contribution in [2.24, 2.45) is 5.10 Å². The number of aromatic nitrogens is 6. The smallest absolute Gasteiger partial charge is 0.265 e. The summed E-state index contributed by atoms with van der Waals surface area (Å²) in [7, 11) is 0. The molecule has 0 aromatic carbocycles. The Morgan fingerprint density at radius 3 is 2.82 bits per heavy atom. The van der Waals surface area contributed by atoms with E-state index in [2.05, 4.69) is 36.0 Å². The van der Waals surface area contributed by atoms with Crippen LogP contribution >= 0.6 is 0 Å². The van der Waals surface area contributed by atoms with Crippen LogP contribution in [0.25, 0.3) is 5.82 Å². The zero-order chi connectivity index (χ0) is 19.5. The maximum atomic E-state index is 12.7. The summed E-state index contributed by atoms with van der Waals surface area (Å²) in [4.78, 5) is 4.04. The molecular weight excluding hydrogens is 370 g/mol. The number of hydrogen-bond donors (Lipinski definition) is 2. The Kier molecular flexibility index (Phi) is 4.79. The molecule has 4 heterocycles. The number of ether oxygens (including phenoxy) is 1. The highest BCUT2D eigenvalue weighted by atomic mass is 19.3. The van der Waals surface area contributed by atoms with E-state index in [0.717, 1.165) is 11.9 Å². The molecule has 0 fully saturated rings. The quantitative estimate of drug-likeness (QED) is 0.697. The summed E-state index contributed by atoms with van der Waals surface area (Å²) in [6.45, 7) is 1.91. The van der Waals surface area contributed by atoms with E-state index >= 15 is 0 Å². The van der Waals surface area contributed by atoms with E-state index < -0.39 is 6.43 Å². The number of halogens is 2. The van der Waals surface area contributed by atoms with Crippen LogP contribution in [0.3, 0.4) is 0 Å². The fraction of sp³-hybridized carbons (Fsp3) is 0.235. The van der Waals surface area contributed by atoms with Crippen molar-refractivity contribution in [2.45, 2.75) is 26.0 Å². The monoisotopic (exact) mass is 386 g/mol. The van der Waals surface area contributed by atoms with Gasteiger partial charge >= 0.3 is 0 Å². The van der Waals surface area contributed by atoms with Gasteiger partial charge in [0.15, 0.2) is 5.82 Å². The van der Waals surface area contributed by atoms with Gasteiger partial charge in [0.1, 0.15) is 18.3 Å². The molecule has 11 heteroatoms. The first-order chi connectivity index (χ1) is 13.6. The molecule has 144 valence electrons. The Balaban J connectivity index is 1.45. The van der Waals surface area contributed by atoms with Gasteiger partial charge in [-0.3, -0.25) is 10.5 Å². The number of H-pyrrole nitrogens is 1. The normalized spacial score (nSPS) is 16.1. The molecule has 0 spiro atoms. The van der Waals surface area contributed by atoms with Crippen molar-refractivity contribution in [1.82, 2.24) is 35.6 Å². The van der Waals surface area contributed by atoms with Crippen molar-refractivity contribution in [3.05, 3.63) is 65.4 Å². The standard InChI is InChI=1S/C17H16F2N8O/c1-10-14(27(26-22-10)15-4-2-11(8-20-15)17(18)19)9-28-16-5-3-12(24-25-16)13-6-7-21-23-13/h2-8,12,17,24H,9H2,1H3,(H,21,23). The van der Waals surface area contributed by atoms with E-state index in [1.54, 1.807) is 19.2 Å². The van der Waals surface area contributed by atoms with Gasteiger partial charge in [0, 0.05) is 24.0 Å². The zero-order valence-electron chi connectivity index (χ0n) is 14.8. The van der Waals surface area contributed by atoms with Gasteiger partial charge in [-0.15, -0.1) is 10.2 Å². The number of hydrazone groups is 1. The lowest BCUT2D eigenvalue weighted by Crippen LogP contribution is -2.21. The SMILES string of the molecule is Cc1nnn(-c2ccc(C(F)F)cn2)c1COC1=NNC(c2ccn[nH]2)C=C1. The van der Waals surface area contributed by atoms with Crippen LogP contribution in [0.2, 0.25) is 0 Å². The number of nitrogens with one attached hydrogen (secondary N) is 2. The summed E-state index contributed by atoms with van der Waals surface area (Å²) in [5, 5.41) is 19.0. The molecule has 0 saturated heterocycles. The molecule has 2 N–H and O–H groups in total. The van der Waals surface area contributed by atoms with Gasteiger partial charge in [0.25, 0.3) is 6.43 Å². The molecule has 1 unspecified atom stereocenters. The molecule has 0 radical (unpaired) electrons. The van der Waals surface area contributed by atoms with Crippen LogP contribution in [0.4, 0.5) is 8.78 Å². The second kappa shape index (κ2) is 7.55. The minimum Gasteiger partial charge on any atom is -0.470 e. The summed E-state index contributed by atoms with van der Waals surface area (Å²) in [6, 6.07) is 4.51. The number of pyridine rings is 1. The number of nitrogens with zero attached hydrogens (tertiary/aromatic N) is 6. The highest BCUT2D eigenvalue weighted by Crippen LogP contribution is 2.20. The van der Waals surface area contributed by atoms with Crippen molar-refractivity contribution in [2.75, 3.05) is 0 Å². The number of alkyl halides is 2. The summed E-state index contributed by atoms with van der Waals surface area (Å²) in [5.74, 6) is 0.770. The molecule has 9 nitrogen and oxygen atoms in total. The third-order valence-corrected chi connectivity index (χ3v) is 4.16. The fourth-order valence-electron chi connectivity index (χ4n) is 2.61. The Morgan fingerprint density at radius 2 is 2.18 bits per heavy atom. The van der Waals surface area contributed by atoms with Crippen LogP contribution < -0.4 is 5.43 Å². The summed E-state index contributed by atoms with van der Waals surface area (Å²) in [5.41, 5.74) is 4.98. The summed E-state index contributed by atoms with van der Waals surface area (Å²) >= 11 is 0. The van der Waals surface area contributed by atoms with Crippen molar-refractivity contribution < 1.29 is 13.5 Å². The predicted octanol–water partition coefficient (Wildman–Crippen LogP) is 2.36. The average Bonchev–Trinajstić information content (AvgIpc) is 3.37. The minimum atomic E-state index is -2.57. The second-order valence-corrected chi connectivity index (χ2v) is 6.00. The van der Waals surface area contributed by atoms with Gasteiger partial charge in [0.2, 0.25) is 5.90 Å². The third kappa shape index (κ3) is 3.59. The second-order valence-electron chi connectivity index (χ2n) is 6.00. The molecule has 0 saturated carbocycles. The molecule has 0 bridgehead atoms. The summed E-state index contributed by atoms with van der Waals surface area (Å²) in [6.07, 6.45) is 3.86. The molecule has 3 aromatic rings. The maximum absolute atomic E-state index is 12.7. The van der Waals surface area contributed by atoms with Crippen LogP contribution in [0.1, 0.15) is 35.1 Å². The highest BCUT2D eigenvalue weighted by Gasteiger charge is 2.17. The van der Waals surface area contributed by atoms with E-state index in [-0.39, 0.29) is 18.2 Å². The molecule has 0 aliphatic carbocycles. The van der Waals surface area contributed by atoms with Gasteiger partial charge in [-0.1, -0.05) is 5.21 Å². The van der Waals surface area contributed by atoms with Crippen LogP contribution in [-0.4, -0.2) is 36.1 Å². The van der Waals surface area contributed by atoms with Crippen molar-refractivity contribution in [3.63, 3.8) is 0 Å². The molecule has 4 rings (SSSR count). The van der Waals surface area contributed by atoms with Gasteiger partial charge in [-0.2, -0.15) is 9.78 Å². The van der Waals surface area contributed by atoms with E-state index in [4.69, 9.17) is 4.74 Å². The first kappa shape index (κ1) is 17.8. The molecule has 3 aromatic heterocycles. The topological polar surface area (TPSA) is 106 Å². The van der Waals surface area contributed by atoms with E-state index in [9.17, 15) is 8.78 Å². The van der Waals surface area contributed by atoms with Crippen LogP contribution in [0.5, 0.6) is 0 Å². The average molecular weight is 386 g/mol. The Labute approximate surface area is 158 Å². The maximum Gasteiger partial charge on any atom is 0.265 e. The van der Waals surface area contributed by atoms with Crippen molar-refractivity contribution >= 4 is 5.90 Å². The zero-order valence-corrected chi connectivity index (χ0v) is 14.8. The number of aromatic amines is 1. The molecule has 1 atom stereocenters. The van der Waals surface area contributed by atoms with Crippen molar-refractivity contribution in [3.8, 4) is 5.82 Å². The lowest BCUT2D eigenvalue weighted by atomic mass is 10.2.